The van der Waals surface area contributed by atoms with Crippen LogP contribution in [0, 0.1) is 5.41 Å². The molecule has 1 unspecified atom stereocenters. The first-order valence-corrected chi connectivity index (χ1v) is 6.79. The largest absolute Gasteiger partial charge is 0.506 e. The molecule has 5 heteroatoms. The molecule has 0 bridgehead atoms. The SMILES string of the molecule is CC(C)(C)C1CN(C(=O)O)CCc2cc(N)c(O)cc21. The van der Waals surface area contributed by atoms with Gasteiger partial charge in [0.05, 0.1) is 5.69 Å². The van der Waals surface area contributed by atoms with Crippen LogP contribution in [0.4, 0.5) is 10.5 Å². The molecule has 20 heavy (non-hydrogen) atoms. The van der Waals surface area contributed by atoms with Crippen LogP contribution in [0.3, 0.4) is 0 Å². The van der Waals surface area contributed by atoms with Gasteiger partial charge in [0.25, 0.3) is 0 Å². The normalized spacial score (nSPS) is 19.4. The number of carbonyl (C=O) groups is 1. The Bertz CT molecular complexity index is 535. The zero-order valence-corrected chi connectivity index (χ0v) is 12.2. The van der Waals surface area contributed by atoms with Crippen molar-refractivity contribution < 1.29 is 15.0 Å². The van der Waals surface area contributed by atoms with Gasteiger partial charge in [0.15, 0.2) is 0 Å². The highest BCUT2D eigenvalue weighted by molar-refractivity contribution is 5.66. The van der Waals surface area contributed by atoms with Gasteiger partial charge in [-0.25, -0.2) is 4.79 Å². The Balaban J connectivity index is 2.52. The molecule has 0 aliphatic carbocycles. The fourth-order valence-electron chi connectivity index (χ4n) is 2.79. The number of carboxylic acid groups (broad SMARTS) is 1. The minimum Gasteiger partial charge on any atom is -0.506 e. The quantitative estimate of drug-likeness (QED) is 0.503. The molecule has 4 N–H and O–H groups in total. The summed E-state index contributed by atoms with van der Waals surface area (Å²) in [5.74, 6) is 0.101. The molecular weight excluding hydrogens is 256 g/mol. The highest BCUT2D eigenvalue weighted by Crippen LogP contribution is 2.41. The zero-order valence-electron chi connectivity index (χ0n) is 12.2. The van der Waals surface area contributed by atoms with Crippen molar-refractivity contribution in [3.05, 3.63) is 23.3 Å². The van der Waals surface area contributed by atoms with Gasteiger partial charge in [0.1, 0.15) is 5.75 Å². The maximum atomic E-state index is 11.3. The molecule has 1 aliphatic rings. The Hall–Kier alpha value is -1.91. The number of nitrogens with zero attached hydrogens (tertiary/aromatic N) is 1. The minimum atomic E-state index is -0.899. The zero-order chi connectivity index (χ0) is 15.1. The van der Waals surface area contributed by atoms with Crippen molar-refractivity contribution in [1.29, 1.82) is 0 Å². The molecule has 110 valence electrons. The average Bonchev–Trinajstić information content (AvgIpc) is 2.49. The molecule has 1 aromatic carbocycles. The third-order valence-corrected chi connectivity index (χ3v) is 4.03. The van der Waals surface area contributed by atoms with E-state index in [0.29, 0.717) is 25.2 Å². The molecule has 2 rings (SSSR count). The molecule has 1 amide bonds. The van der Waals surface area contributed by atoms with Gasteiger partial charge in [0.2, 0.25) is 0 Å². The number of nitrogens with two attached hydrogens (primary N) is 1. The molecule has 5 nitrogen and oxygen atoms in total. The average molecular weight is 278 g/mol. The third kappa shape index (κ3) is 2.66. The topological polar surface area (TPSA) is 86.8 Å². The summed E-state index contributed by atoms with van der Waals surface area (Å²) in [5, 5.41) is 19.2. The second kappa shape index (κ2) is 4.89. The van der Waals surface area contributed by atoms with Crippen molar-refractivity contribution >= 4 is 11.8 Å². The lowest BCUT2D eigenvalue weighted by Crippen LogP contribution is -2.36. The first-order valence-electron chi connectivity index (χ1n) is 6.79. The van der Waals surface area contributed by atoms with E-state index < -0.39 is 6.09 Å². The van der Waals surface area contributed by atoms with Crippen LogP contribution >= 0.6 is 0 Å². The highest BCUT2D eigenvalue weighted by Gasteiger charge is 2.34. The number of rotatable bonds is 0. The standard InChI is InChI=1S/C15H22N2O3/c1-15(2,3)11-8-17(14(19)20)5-4-9-6-12(16)13(18)7-10(9)11/h6-7,11,18H,4-5,8,16H2,1-3H3,(H,19,20). The lowest BCUT2D eigenvalue weighted by molar-refractivity contribution is 0.135. The van der Waals surface area contributed by atoms with E-state index in [0.717, 1.165) is 11.1 Å². The minimum absolute atomic E-state index is 0.0302. The van der Waals surface area contributed by atoms with Gasteiger partial charge in [-0.1, -0.05) is 20.8 Å². The van der Waals surface area contributed by atoms with Crippen molar-refractivity contribution in [3.8, 4) is 5.75 Å². The molecule has 0 aromatic heterocycles. The van der Waals surface area contributed by atoms with E-state index in [1.54, 1.807) is 12.1 Å². The predicted molar refractivity (Wildman–Crippen MR) is 78.0 cm³/mol. The highest BCUT2D eigenvalue weighted by atomic mass is 16.4. The number of amides is 1. The van der Waals surface area contributed by atoms with Crippen molar-refractivity contribution in [3.63, 3.8) is 0 Å². The van der Waals surface area contributed by atoms with Crippen LogP contribution in [0.25, 0.3) is 0 Å². The Labute approximate surface area is 119 Å². The Morgan fingerprint density at radius 2 is 2.05 bits per heavy atom. The molecule has 0 radical (unpaired) electrons. The van der Waals surface area contributed by atoms with Gasteiger partial charge < -0.3 is 20.8 Å². The first kappa shape index (κ1) is 14.5. The lowest BCUT2D eigenvalue weighted by atomic mass is 9.75. The van der Waals surface area contributed by atoms with Crippen LogP contribution < -0.4 is 5.73 Å². The van der Waals surface area contributed by atoms with Gasteiger partial charge in [-0.3, -0.25) is 0 Å². The van der Waals surface area contributed by atoms with E-state index in [9.17, 15) is 15.0 Å². The summed E-state index contributed by atoms with van der Waals surface area (Å²) < 4.78 is 0. The van der Waals surface area contributed by atoms with Gasteiger partial charge >= 0.3 is 6.09 Å². The monoisotopic (exact) mass is 278 g/mol. The summed E-state index contributed by atoms with van der Waals surface area (Å²) in [6, 6.07) is 3.47. The Kier molecular flexibility index (Phi) is 3.54. The van der Waals surface area contributed by atoms with E-state index in [1.165, 1.54) is 4.90 Å². The fourth-order valence-corrected chi connectivity index (χ4v) is 2.79. The lowest BCUT2D eigenvalue weighted by Gasteiger charge is -2.33. The van der Waals surface area contributed by atoms with Crippen molar-refractivity contribution in [2.75, 3.05) is 18.8 Å². The van der Waals surface area contributed by atoms with E-state index in [1.807, 2.05) is 0 Å². The van der Waals surface area contributed by atoms with Crippen molar-refractivity contribution in [2.24, 2.45) is 5.41 Å². The van der Waals surface area contributed by atoms with Gasteiger partial charge in [0, 0.05) is 19.0 Å². The van der Waals surface area contributed by atoms with Crippen LogP contribution in [0.2, 0.25) is 0 Å². The van der Waals surface area contributed by atoms with E-state index >= 15 is 0 Å². The van der Waals surface area contributed by atoms with Crippen molar-refractivity contribution in [2.45, 2.75) is 33.1 Å². The molecular formula is C15H22N2O3. The van der Waals surface area contributed by atoms with Crippen LogP contribution in [0.1, 0.15) is 37.8 Å². The summed E-state index contributed by atoms with van der Waals surface area (Å²) in [6.45, 7) is 7.15. The molecule has 1 aromatic rings. The van der Waals surface area contributed by atoms with E-state index in [2.05, 4.69) is 20.8 Å². The third-order valence-electron chi connectivity index (χ3n) is 4.03. The predicted octanol–water partition coefficient (Wildman–Crippen LogP) is 2.64. The number of nitrogen functional groups attached to an aromatic ring is 1. The number of hydrogen-bond acceptors (Lipinski definition) is 3. The van der Waals surface area contributed by atoms with Crippen LogP contribution in [-0.4, -0.2) is 34.3 Å². The molecule has 1 atom stereocenters. The number of anilines is 1. The maximum absolute atomic E-state index is 11.3. The molecule has 1 heterocycles. The molecule has 0 fully saturated rings. The van der Waals surface area contributed by atoms with Gasteiger partial charge in [-0.2, -0.15) is 0 Å². The number of benzene rings is 1. The number of phenols is 1. The summed E-state index contributed by atoms with van der Waals surface area (Å²) in [7, 11) is 0. The molecule has 0 spiro atoms. The molecule has 0 saturated carbocycles. The number of aromatic hydroxyl groups is 1. The Morgan fingerprint density at radius 1 is 1.40 bits per heavy atom. The summed E-state index contributed by atoms with van der Waals surface area (Å²) in [6.07, 6.45) is -0.275. The molecule has 1 aliphatic heterocycles. The smallest absolute Gasteiger partial charge is 0.407 e. The summed E-state index contributed by atoms with van der Waals surface area (Å²) >= 11 is 0. The van der Waals surface area contributed by atoms with Crippen LogP contribution in [0.15, 0.2) is 12.1 Å². The first-order chi connectivity index (χ1) is 9.20. The van der Waals surface area contributed by atoms with Crippen molar-refractivity contribution in [1.82, 2.24) is 4.90 Å². The van der Waals surface area contributed by atoms with Gasteiger partial charge in [-0.15, -0.1) is 0 Å². The van der Waals surface area contributed by atoms with Gasteiger partial charge in [-0.05, 0) is 35.1 Å². The van der Waals surface area contributed by atoms with E-state index in [4.69, 9.17) is 5.73 Å². The van der Waals surface area contributed by atoms with Crippen LogP contribution in [-0.2, 0) is 6.42 Å². The maximum Gasteiger partial charge on any atom is 0.407 e. The second-order valence-corrected chi connectivity index (χ2v) is 6.51. The second-order valence-electron chi connectivity index (χ2n) is 6.51. The number of phenolic OH excluding ortho intramolecular Hbond substituents is 1. The number of hydrogen-bond donors (Lipinski definition) is 3. The fraction of sp³-hybridized carbons (Fsp3) is 0.533. The van der Waals surface area contributed by atoms with Crippen LogP contribution in [0.5, 0.6) is 5.75 Å². The Morgan fingerprint density at radius 3 is 2.60 bits per heavy atom. The molecule has 0 saturated heterocycles. The summed E-state index contributed by atoms with van der Waals surface area (Å²) in [5.41, 5.74) is 8.05. The summed E-state index contributed by atoms with van der Waals surface area (Å²) in [4.78, 5) is 12.8. The van der Waals surface area contributed by atoms with E-state index in [-0.39, 0.29) is 17.1 Å². The number of fused-ring (bicyclic) bond motifs is 1.